The Morgan fingerprint density at radius 2 is 1.90 bits per heavy atom. The largest absolute Gasteiger partial charge is 0.497 e. The van der Waals surface area contributed by atoms with E-state index >= 15 is 0 Å². The first-order chi connectivity index (χ1) is 14.7. The second-order valence-corrected chi connectivity index (χ2v) is 6.86. The molecule has 0 saturated heterocycles. The van der Waals surface area contributed by atoms with E-state index in [1.807, 2.05) is 48.5 Å². The number of benzene rings is 2. The molecule has 0 unspecified atom stereocenters. The predicted molar refractivity (Wildman–Crippen MR) is 118 cm³/mol. The van der Waals surface area contributed by atoms with Gasteiger partial charge in [-0.3, -0.25) is 0 Å². The molecule has 0 spiro atoms. The van der Waals surface area contributed by atoms with Gasteiger partial charge in [0, 0.05) is 25.1 Å². The van der Waals surface area contributed by atoms with Gasteiger partial charge < -0.3 is 19.9 Å². The van der Waals surface area contributed by atoms with Crippen molar-refractivity contribution in [3.63, 3.8) is 0 Å². The number of aliphatic imine (C=N–C) groups is 1. The van der Waals surface area contributed by atoms with Gasteiger partial charge in [-0.25, -0.2) is 4.99 Å². The van der Waals surface area contributed by atoms with E-state index in [4.69, 9.17) is 14.3 Å². The first-order valence-electron chi connectivity index (χ1n) is 10.3. The van der Waals surface area contributed by atoms with Gasteiger partial charge in [-0.05, 0) is 48.7 Å². The Morgan fingerprint density at radius 1 is 1.07 bits per heavy atom. The highest BCUT2D eigenvalue weighted by Crippen LogP contribution is 2.19. The van der Waals surface area contributed by atoms with Crippen LogP contribution in [0.5, 0.6) is 5.75 Å². The van der Waals surface area contributed by atoms with Gasteiger partial charge in [-0.2, -0.15) is 4.98 Å². The average molecular weight is 408 g/mol. The number of ether oxygens (including phenoxy) is 1. The number of hydrogen-bond donors (Lipinski definition) is 2. The topological polar surface area (TPSA) is 84.6 Å². The lowest BCUT2D eigenvalue weighted by Crippen LogP contribution is -2.36. The summed E-state index contributed by atoms with van der Waals surface area (Å²) < 4.78 is 10.6. The molecule has 0 amide bonds. The number of guanidine groups is 1. The monoisotopic (exact) mass is 407 g/mol. The Kier molecular flexibility index (Phi) is 7.83. The van der Waals surface area contributed by atoms with E-state index in [9.17, 15) is 0 Å². The highest BCUT2D eigenvalue weighted by atomic mass is 16.5. The molecule has 30 heavy (non-hydrogen) atoms. The third-order valence-corrected chi connectivity index (χ3v) is 4.50. The molecule has 7 nitrogen and oxygen atoms in total. The highest BCUT2D eigenvalue weighted by molar-refractivity contribution is 5.79. The van der Waals surface area contributed by atoms with Crippen LogP contribution >= 0.6 is 0 Å². The van der Waals surface area contributed by atoms with Crippen LogP contribution < -0.4 is 15.4 Å². The second-order valence-electron chi connectivity index (χ2n) is 6.86. The van der Waals surface area contributed by atoms with Crippen LogP contribution in [0.2, 0.25) is 0 Å². The minimum Gasteiger partial charge on any atom is -0.497 e. The summed E-state index contributed by atoms with van der Waals surface area (Å²) in [5.74, 6) is 2.91. The van der Waals surface area contributed by atoms with Gasteiger partial charge in [0.1, 0.15) is 5.75 Å². The molecular weight excluding hydrogens is 378 g/mol. The number of methoxy groups -OCH3 is 1. The maximum absolute atomic E-state index is 5.40. The van der Waals surface area contributed by atoms with E-state index in [-0.39, 0.29) is 0 Å². The Hall–Kier alpha value is -3.35. The summed E-state index contributed by atoms with van der Waals surface area (Å²) in [6, 6.07) is 16.0. The van der Waals surface area contributed by atoms with Gasteiger partial charge in [0.25, 0.3) is 5.89 Å². The standard InChI is InChI=1S/C23H29N5O2/c1-4-7-21-27-22(30-28-21)19-9-6-8-18(14-19)16-26-23(24-5-2)25-15-17-10-12-20(29-3)13-11-17/h6,8-14H,4-5,7,15-16H2,1-3H3,(H2,24,25,26). The van der Waals surface area contributed by atoms with Crippen molar-refractivity contribution in [1.82, 2.24) is 20.8 Å². The number of hydrogen-bond acceptors (Lipinski definition) is 5. The molecule has 2 aromatic carbocycles. The Labute approximate surface area is 177 Å². The summed E-state index contributed by atoms with van der Waals surface area (Å²) in [4.78, 5) is 9.17. The first-order valence-corrected chi connectivity index (χ1v) is 10.3. The minimum absolute atomic E-state index is 0.543. The molecule has 0 atom stereocenters. The fourth-order valence-electron chi connectivity index (χ4n) is 2.94. The third kappa shape index (κ3) is 6.07. The molecule has 0 aliphatic rings. The van der Waals surface area contributed by atoms with Crippen molar-refractivity contribution in [2.45, 2.75) is 39.8 Å². The first kappa shape index (κ1) is 21.4. The molecule has 0 fully saturated rings. The van der Waals surface area contributed by atoms with Crippen LogP contribution in [-0.4, -0.2) is 29.8 Å². The van der Waals surface area contributed by atoms with Crippen LogP contribution in [0.1, 0.15) is 37.2 Å². The Morgan fingerprint density at radius 3 is 2.63 bits per heavy atom. The van der Waals surface area contributed by atoms with Crippen LogP contribution in [-0.2, 0) is 19.5 Å². The molecule has 7 heteroatoms. The van der Waals surface area contributed by atoms with Gasteiger partial charge in [-0.1, -0.05) is 36.3 Å². The smallest absolute Gasteiger partial charge is 0.257 e. The van der Waals surface area contributed by atoms with Crippen LogP contribution in [0.25, 0.3) is 11.5 Å². The minimum atomic E-state index is 0.543. The van der Waals surface area contributed by atoms with Crippen molar-refractivity contribution >= 4 is 5.96 Å². The predicted octanol–water partition coefficient (Wildman–Crippen LogP) is 3.95. The van der Waals surface area contributed by atoms with E-state index in [1.54, 1.807) is 7.11 Å². The zero-order valence-corrected chi connectivity index (χ0v) is 17.8. The van der Waals surface area contributed by atoms with Crippen molar-refractivity contribution < 1.29 is 9.26 Å². The summed E-state index contributed by atoms with van der Waals surface area (Å²) in [6.07, 6.45) is 1.81. The zero-order valence-electron chi connectivity index (χ0n) is 17.8. The van der Waals surface area contributed by atoms with Crippen molar-refractivity contribution in [3.05, 3.63) is 65.5 Å². The molecule has 0 bridgehead atoms. The van der Waals surface area contributed by atoms with E-state index in [1.165, 1.54) is 0 Å². The molecule has 3 rings (SSSR count). The number of rotatable bonds is 9. The third-order valence-electron chi connectivity index (χ3n) is 4.50. The molecule has 2 N–H and O–H groups in total. The van der Waals surface area contributed by atoms with Crippen LogP contribution in [0.3, 0.4) is 0 Å². The normalized spacial score (nSPS) is 11.4. The average Bonchev–Trinajstić information content (AvgIpc) is 3.25. The molecular formula is C23H29N5O2. The zero-order chi connectivity index (χ0) is 21.2. The lowest BCUT2D eigenvalue weighted by atomic mass is 10.1. The van der Waals surface area contributed by atoms with E-state index in [0.29, 0.717) is 19.0 Å². The van der Waals surface area contributed by atoms with E-state index < -0.39 is 0 Å². The summed E-state index contributed by atoms with van der Waals surface area (Å²) in [6.45, 7) is 6.16. The molecule has 0 aliphatic carbocycles. The lowest BCUT2D eigenvalue weighted by Gasteiger charge is -2.12. The molecule has 1 heterocycles. The van der Waals surface area contributed by atoms with Gasteiger partial charge in [0.15, 0.2) is 11.8 Å². The number of aromatic nitrogens is 2. The van der Waals surface area contributed by atoms with E-state index in [2.05, 4.69) is 34.6 Å². The number of nitrogens with one attached hydrogen (secondary N) is 2. The van der Waals surface area contributed by atoms with E-state index in [0.717, 1.165) is 53.6 Å². The summed E-state index contributed by atoms with van der Waals surface area (Å²) in [5.41, 5.74) is 3.14. The van der Waals surface area contributed by atoms with Gasteiger partial charge in [0.05, 0.1) is 13.7 Å². The highest BCUT2D eigenvalue weighted by Gasteiger charge is 2.09. The molecule has 0 aliphatic heterocycles. The molecule has 0 saturated carbocycles. The van der Waals surface area contributed by atoms with Crippen molar-refractivity contribution in [1.29, 1.82) is 0 Å². The Balaban J connectivity index is 1.64. The maximum atomic E-state index is 5.40. The van der Waals surface area contributed by atoms with Gasteiger partial charge >= 0.3 is 0 Å². The molecule has 0 radical (unpaired) electrons. The van der Waals surface area contributed by atoms with Gasteiger partial charge in [-0.15, -0.1) is 0 Å². The summed E-state index contributed by atoms with van der Waals surface area (Å²) in [7, 11) is 1.67. The molecule has 158 valence electrons. The van der Waals surface area contributed by atoms with Crippen molar-refractivity contribution in [2.24, 2.45) is 4.99 Å². The van der Waals surface area contributed by atoms with Crippen LogP contribution in [0.15, 0.2) is 58.0 Å². The molecule has 3 aromatic rings. The molecule has 1 aromatic heterocycles. The fourth-order valence-corrected chi connectivity index (χ4v) is 2.94. The van der Waals surface area contributed by atoms with Crippen molar-refractivity contribution in [2.75, 3.05) is 13.7 Å². The van der Waals surface area contributed by atoms with Gasteiger partial charge in [0.2, 0.25) is 0 Å². The Bertz CT molecular complexity index is 950. The maximum Gasteiger partial charge on any atom is 0.257 e. The quantitative estimate of drug-likeness (QED) is 0.413. The number of aryl methyl sites for hydroxylation is 1. The van der Waals surface area contributed by atoms with Crippen LogP contribution in [0.4, 0.5) is 0 Å². The number of nitrogens with zero attached hydrogens (tertiary/aromatic N) is 3. The SMILES string of the molecule is CCCc1noc(-c2cccc(CN=C(NCC)NCc3ccc(OC)cc3)c2)n1. The lowest BCUT2D eigenvalue weighted by molar-refractivity contribution is 0.414. The second kappa shape index (κ2) is 11.0. The van der Waals surface area contributed by atoms with Crippen LogP contribution in [0, 0.1) is 0 Å². The van der Waals surface area contributed by atoms with Crippen molar-refractivity contribution in [3.8, 4) is 17.2 Å². The summed E-state index contributed by atoms with van der Waals surface area (Å²) >= 11 is 0. The summed E-state index contributed by atoms with van der Waals surface area (Å²) in [5, 5.41) is 10.7. The fraction of sp³-hybridized carbons (Fsp3) is 0.348.